The van der Waals surface area contributed by atoms with Crippen molar-refractivity contribution in [2.24, 2.45) is 5.73 Å². The second kappa shape index (κ2) is 5.19. The third kappa shape index (κ3) is 2.52. The predicted octanol–water partition coefficient (Wildman–Crippen LogP) is 2.44. The predicted molar refractivity (Wildman–Crippen MR) is 65.3 cm³/mol. The van der Waals surface area contributed by atoms with E-state index < -0.39 is 0 Å². The van der Waals surface area contributed by atoms with Crippen molar-refractivity contribution >= 4 is 21.5 Å². The number of methoxy groups -OCH3 is 2. The minimum Gasteiger partial charge on any atom is -0.496 e. The summed E-state index contributed by atoms with van der Waals surface area (Å²) in [6, 6.07) is 3.72. The maximum atomic E-state index is 5.57. The molecule has 0 aliphatic carbocycles. The molecule has 0 spiro atoms. The molecule has 15 heavy (non-hydrogen) atoms. The minimum atomic E-state index is 0.369. The molecule has 0 saturated carbocycles. The van der Waals surface area contributed by atoms with Crippen LogP contribution in [0.2, 0.25) is 0 Å². The molecular weight excluding hydrogens is 258 g/mol. The van der Waals surface area contributed by atoms with Crippen molar-refractivity contribution in [3.63, 3.8) is 0 Å². The Morgan fingerprint density at radius 2 is 1.80 bits per heavy atom. The van der Waals surface area contributed by atoms with Gasteiger partial charge >= 0.3 is 0 Å². The monoisotopic (exact) mass is 271 g/mol. The lowest BCUT2D eigenvalue weighted by Gasteiger charge is -2.14. The highest BCUT2D eigenvalue weighted by molar-refractivity contribution is 9.10. The van der Waals surface area contributed by atoms with Crippen LogP contribution in [-0.4, -0.2) is 20.8 Å². The van der Waals surface area contributed by atoms with Gasteiger partial charge in [0.1, 0.15) is 11.5 Å². The van der Waals surface area contributed by atoms with E-state index in [2.05, 4.69) is 22.5 Å². The van der Waals surface area contributed by atoms with E-state index in [4.69, 9.17) is 15.2 Å². The standard InChI is InChI=1S/C11H14BrNO2/c1-7(6-13)11-9(14-2)4-8(12)5-10(11)15-3/h4-5H,1,6,13H2,2-3H3. The Kier molecular flexibility index (Phi) is 4.17. The van der Waals surface area contributed by atoms with Gasteiger partial charge in [-0.05, 0) is 17.7 Å². The summed E-state index contributed by atoms with van der Waals surface area (Å²) < 4.78 is 11.4. The van der Waals surface area contributed by atoms with Crippen molar-refractivity contribution in [2.75, 3.05) is 20.8 Å². The van der Waals surface area contributed by atoms with E-state index in [1.807, 2.05) is 12.1 Å². The van der Waals surface area contributed by atoms with E-state index >= 15 is 0 Å². The molecule has 0 fully saturated rings. The fourth-order valence-corrected chi connectivity index (χ4v) is 1.75. The summed E-state index contributed by atoms with van der Waals surface area (Å²) in [6.45, 7) is 4.26. The Morgan fingerprint density at radius 3 is 2.13 bits per heavy atom. The van der Waals surface area contributed by atoms with Gasteiger partial charge in [0.25, 0.3) is 0 Å². The molecule has 0 atom stereocenters. The van der Waals surface area contributed by atoms with Gasteiger partial charge in [-0.1, -0.05) is 22.5 Å². The molecule has 1 rings (SSSR count). The highest BCUT2D eigenvalue weighted by Gasteiger charge is 2.13. The van der Waals surface area contributed by atoms with E-state index in [0.717, 1.165) is 15.6 Å². The van der Waals surface area contributed by atoms with Gasteiger partial charge in [-0.25, -0.2) is 0 Å². The topological polar surface area (TPSA) is 44.5 Å². The lowest BCUT2D eigenvalue weighted by Crippen LogP contribution is -2.04. The average molecular weight is 272 g/mol. The summed E-state index contributed by atoms with van der Waals surface area (Å²) in [6.07, 6.45) is 0. The molecular formula is C11H14BrNO2. The molecule has 0 amide bonds. The molecule has 1 aromatic rings. The molecule has 1 aromatic carbocycles. The van der Waals surface area contributed by atoms with Crippen LogP contribution in [0, 0.1) is 0 Å². The molecule has 0 aliphatic heterocycles. The zero-order valence-corrected chi connectivity index (χ0v) is 10.4. The third-order valence-corrected chi connectivity index (χ3v) is 2.53. The number of hydrogen-bond donors (Lipinski definition) is 1. The van der Waals surface area contributed by atoms with Crippen molar-refractivity contribution < 1.29 is 9.47 Å². The van der Waals surface area contributed by atoms with Gasteiger partial charge in [-0.2, -0.15) is 0 Å². The fraction of sp³-hybridized carbons (Fsp3) is 0.273. The SMILES string of the molecule is C=C(CN)c1c(OC)cc(Br)cc1OC. The van der Waals surface area contributed by atoms with Crippen LogP contribution >= 0.6 is 15.9 Å². The number of nitrogens with two attached hydrogens (primary N) is 1. The van der Waals surface area contributed by atoms with Gasteiger partial charge in [0.2, 0.25) is 0 Å². The van der Waals surface area contributed by atoms with Gasteiger partial charge < -0.3 is 15.2 Å². The summed E-state index contributed by atoms with van der Waals surface area (Å²) in [5.74, 6) is 1.41. The van der Waals surface area contributed by atoms with Gasteiger partial charge in [0.15, 0.2) is 0 Å². The minimum absolute atomic E-state index is 0.369. The van der Waals surface area contributed by atoms with Crippen LogP contribution in [0.4, 0.5) is 0 Å². The number of rotatable bonds is 4. The molecule has 0 aromatic heterocycles. The van der Waals surface area contributed by atoms with Gasteiger partial charge in [-0.3, -0.25) is 0 Å². The van der Waals surface area contributed by atoms with Gasteiger partial charge in [-0.15, -0.1) is 0 Å². The number of ether oxygens (including phenoxy) is 2. The Bertz CT molecular complexity index is 352. The van der Waals surface area contributed by atoms with Crippen LogP contribution in [0.5, 0.6) is 11.5 Å². The molecule has 2 N–H and O–H groups in total. The number of hydrogen-bond acceptors (Lipinski definition) is 3. The van der Waals surface area contributed by atoms with E-state index in [0.29, 0.717) is 18.0 Å². The molecule has 4 heteroatoms. The molecule has 0 aliphatic rings. The quantitative estimate of drug-likeness (QED) is 0.915. The second-order valence-electron chi connectivity index (χ2n) is 2.99. The van der Waals surface area contributed by atoms with Crippen molar-refractivity contribution in [1.29, 1.82) is 0 Å². The van der Waals surface area contributed by atoms with Crippen molar-refractivity contribution in [1.82, 2.24) is 0 Å². The molecule has 0 heterocycles. The zero-order chi connectivity index (χ0) is 11.4. The summed E-state index contributed by atoms with van der Waals surface area (Å²) in [4.78, 5) is 0. The lowest BCUT2D eigenvalue weighted by molar-refractivity contribution is 0.391. The lowest BCUT2D eigenvalue weighted by atomic mass is 10.1. The molecule has 0 unspecified atom stereocenters. The Labute approximate surface area is 98.0 Å². The Morgan fingerprint density at radius 1 is 1.33 bits per heavy atom. The van der Waals surface area contributed by atoms with Gasteiger partial charge in [0, 0.05) is 11.0 Å². The van der Waals surface area contributed by atoms with Crippen molar-refractivity contribution in [3.05, 3.63) is 28.7 Å². The maximum absolute atomic E-state index is 5.57. The normalized spacial score (nSPS) is 9.87. The van der Waals surface area contributed by atoms with Crippen LogP contribution in [-0.2, 0) is 0 Å². The summed E-state index contributed by atoms with van der Waals surface area (Å²) in [7, 11) is 3.21. The van der Waals surface area contributed by atoms with E-state index in [1.54, 1.807) is 14.2 Å². The first-order chi connectivity index (χ1) is 7.13. The van der Waals surface area contributed by atoms with Crippen LogP contribution in [0.1, 0.15) is 5.56 Å². The maximum Gasteiger partial charge on any atom is 0.131 e. The smallest absolute Gasteiger partial charge is 0.131 e. The molecule has 0 saturated heterocycles. The van der Waals surface area contributed by atoms with E-state index in [1.165, 1.54) is 0 Å². The van der Waals surface area contributed by atoms with Crippen LogP contribution < -0.4 is 15.2 Å². The first kappa shape index (κ1) is 12.1. The first-order valence-corrected chi connectivity index (χ1v) is 5.23. The van der Waals surface area contributed by atoms with E-state index in [-0.39, 0.29) is 0 Å². The largest absolute Gasteiger partial charge is 0.496 e. The summed E-state index contributed by atoms with van der Waals surface area (Å²) in [5.41, 5.74) is 7.18. The summed E-state index contributed by atoms with van der Waals surface area (Å²) >= 11 is 3.38. The van der Waals surface area contributed by atoms with Crippen LogP contribution in [0.3, 0.4) is 0 Å². The Hall–Kier alpha value is -1.00. The van der Waals surface area contributed by atoms with Crippen molar-refractivity contribution in [3.8, 4) is 11.5 Å². The zero-order valence-electron chi connectivity index (χ0n) is 8.84. The van der Waals surface area contributed by atoms with Crippen LogP contribution in [0.25, 0.3) is 5.57 Å². The highest BCUT2D eigenvalue weighted by atomic mass is 79.9. The first-order valence-electron chi connectivity index (χ1n) is 4.43. The fourth-order valence-electron chi connectivity index (χ4n) is 1.33. The van der Waals surface area contributed by atoms with Crippen LogP contribution in [0.15, 0.2) is 23.2 Å². The average Bonchev–Trinajstić information content (AvgIpc) is 2.26. The number of benzene rings is 1. The number of halogens is 1. The summed E-state index contributed by atoms with van der Waals surface area (Å²) in [5, 5.41) is 0. The second-order valence-corrected chi connectivity index (χ2v) is 3.91. The third-order valence-electron chi connectivity index (χ3n) is 2.07. The van der Waals surface area contributed by atoms with E-state index in [9.17, 15) is 0 Å². The molecule has 0 radical (unpaired) electrons. The van der Waals surface area contributed by atoms with Gasteiger partial charge in [0.05, 0.1) is 19.8 Å². The highest BCUT2D eigenvalue weighted by Crippen LogP contribution is 2.36. The van der Waals surface area contributed by atoms with Crippen molar-refractivity contribution in [2.45, 2.75) is 0 Å². The molecule has 82 valence electrons. The Balaban J connectivity index is 3.36. The molecule has 3 nitrogen and oxygen atoms in total. The molecule has 0 bridgehead atoms.